The Bertz CT molecular complexity index is 1020. The van der Waals surface area contributed by atoms with Crippen molar-refractivity contribution in [2.75, 3.05) is 7.11 Å². The maximum atomic E-state index is 12.6. The molecule has 1 aromatic heterocycles. The highest BCUT2D eigenvalue weighted by Gasteiger charge is 2.21. The number of carboxylic acid groups (broad SMARTS) is 1. The van der Waals surface area contributed by atoms with Crippen LogP contribution >= 0.6 is 0 Å². The number of para-hydroxylation sites is 1. The number of aromatic amines is 1. The van der Waals surface area contributed by atoms with Gasteiger partial charge in [0.1, 0.15) is 11.4 Å². The van der Waals surface area contributed by atoms with E-state index in [9.17, 15) is 19.5 Å². The Morgan fingerprint density at radius 1 is 1.14 bits per heavy atom. The zero-order chi connectivity index (χ0) is 20.1. The molecule has 0 spiro atoms. The molecule has 0 aliphatic carbocycles. The number of methoxy groups -OCH3 is 1. The number of hydrogen-bond acceptors (Lipinski definition) is 4. The lowest BCUT2D eigenvalue weighted by molar-refractivity contribution is -0.137. The number of H-pyrrole nitrogens is 1. The van der Waals surface area contributed by atoms with E-state index in [4.69, 9.17) is 4.74 Å². The van der Waals surface area contributed by atoms with Crippen LogP contribution < -0.4 is 15.6 Å². The van der Waals surface area contributed by atoms with E-state index in [0.717, 1.165) is 0 Å². The Kier molecular flexibility index (Phi) is 5.59. The standard InChI is InChI=1S/C20H19N3O5/c1-28-15-9-7-13(8-10-15)16(12-19(25)26)21-20(27)17-11-18(24)23(22-17)14-5-3-2-4-6-14/h2-11,16,22H,12H2,1H3,(H,21,27)(H,25,26). The van der Waals surface area contributed by atoms with E-state index >= 15 is 0 Å². The number of benzene rings is 2. The number of nitrogens with one attached hydrogen (secondary N) is 2. The highest BCUT2D eigenvalue weighted by Crippen LogP contribution is 2.21. The van der Waals surface area contributed by atoms with E-state index in [1.165, 1.54) is 17.9 Å². The lowest BCUT2D eigenvalue weighted by Crippen LogP contribution is -2.30. The number of aromatic nitrogens is 2. The van der Waals surface area contributed by atoms with Crippen molar-refractivity contribution in [2.45, 2.75) is 12.5 Å². The molecule has 28 heavy (non-hydrogen) atoms. The summed E-state index contributed by atoms with van der Waals surface area (Å²) in [5.74, 6) is -1.02. The molecule has 144 valence electrons. The minimum atomic E-state index is -1.06. The molecule has 1 amide bonds. The lowest BCUT2D eigenvalue weighted by atomic mass is 10.0. The number of nitrogens with zero attached hydrogens (tertiary/aromatic N) is 1. The molecule has 3 aromatic rings. The monoisotopic (exact) mass is 381 g/mol. The normalized spacial score (nSPS) is 11.6. The molecule has 1 unspecified atom stereocenters. The first kappa shape index (κ1) is 19.0. The zero-order valence-corrected chi connectivity index (χ0v) is 15.1. The molecule has 0 saturated heterocycles. The molecular weight excluding hydrogens is 362 g/mol. The van der Waals surface area contributed by atoms with Crippen LogP contribution in [0.1, 0.15) is 28.5 Å². The molecule has 2 aromatic carbocycles. The summed E-state index contributed by atoms with van der Waals surface area (Å²) in [7, 11) is 1.53. The van der Waals surface area contributed by atoms with E-state index in [2.05, 4.69) is 10.4 Å². The summed E-state index contributed by atoms with van der Waals surface area (Å²) in [6.07, 6.45) is -0.304. The molecular formula is C20H19N3O5. The SMILES string of the molecule is COc1ccc(C(CC(=O)O)NC(=O)c2cc(=O)n(-c3ccccc3)[nH]2)cc1. The molecule has 8 heteroatoms. The van der Waals surface area contributed by atoms with E-state index < -0.39 is 23.5 Å². The van der Waals surface area contributed by atoms with Crippen LogP contribution in [0.25, 0.3) is 5.69 Å². The van der Waals surface area contributed by atoms with Crippen molar-refractivity contribution >= 4 is 11.9 Å². The van der Waals surface area contributed by atoms with Crippen molar-refractivity contribution in [3.8, 4) is 11.4 Å². The average molecular weight is 381 g/mol. The first-order valence-electron chi connectivity index (χ1n) is 8.52. The summed E-state index contributed by atoms with van der Waals surface area (Å²) >= 11 is 0. The van der Waals surface area contributed by atoms with Crippen LogP contribution in [0.2, 0.25) is 0 Å². The summed E-state index contributed by atoms with van der Waals surface area (Å²) in [6.45, 7) is 0. The van der Waals surface area contributed by atoms with Crippen LogP contribution in [0, 0.1) is 0 Å². The molecule has 1 atom stereocenters. The van der Waals surface area contributed by atoms with Gasteiger partial charge in [-0.3, -0.25) is 19.5 Å². The molecule has 3 rings (SSSR count). The molecule has 0 fully saturated rings. The number of rotatable bonds is 7. The van der Waals surface area contributed by atoms with Gasteiger partial charge in [-0.25, -0.2) is 4.68 Å². The van der Waals surface area contributed by atoms with Gasteiger partial charge < -0.3 is 15.2 Å². The van der Waals surface area contributed by atoms with Gasteiger partial charge in [-0.05, 0) is 29.8 Å². The minimum Gasteiger partial charge on any atom is -0.497 e. The summed E-state index contributed by atoms with van der Waals surface area (Å²) in [5.41, 5.74) is 0.846. The van der Waals surface area contributed by atoms with Crippen LogP contribution in [-0.2, 0) is 4.79 Å². The van der Waals surface area contributed by atoms with E-state index in [-0.39, 0.29) is 12.1 Å². The number of ether oxygens (including phenoxy) is 1. The second-order valence-corrected chi connectivity index (χ2v) is 6.08. The van der Waals surface area contributed by atoms with E-state index in [1.807, 2.05) is 6.07 Å². The van der Waals surface area contributed by atoms with Crippen molar-refractivity contribution < 1.29 is 19.4 Å². The fourth-order valence-electron chi connectivity index (χ4n) is 2.78. The predicted octanol–water partition coefficient (Wildman–Crippen LogP) is 2.12. The average Bonchev–Trinajstić information content (AvgIpc) is 3.10. The number of amides is 1. The third-order valence-corrected chi connectivity index (χ3v) is 4.18. The Balaban J connectivity index is 1.84. The van der Waals surface area contributed by atoms with Gasteiger partial charge in [-0.2, -0.15) is 0 Å². The van der Waals surface area contributed by atoms with Crippen molar-refractivity contribution in [3.05, 3.63) is 82.3 Å². The van der Waals surface area contributed by atoms with Crippen molar-refractivity contribution in [2.24, 2.45) is 0 Å². The largest absolute Gasteiger partial charge is 0.497 e. The van der Waals surface area contributed by atoms with Gasteiger partial charge in [0.15, 0.2) is 0 Å². The number of carbonyl (C=O) groups excluding carboxylic acids is 1. The van der Waals surface area contributed by atoms with Crippen LogP contribution in [0.5, 0.6) is 5.75 Å². The number of carboxylic acids is 1. The third-order valence-electron chi connectivity index (χ3n) is 4.18. The van der Waals surface area contributed by atoms with Crippen LogP contribution in [0.15, 0.2) is 65.5 Å². The second kappa shape index (κ2) is 8.26. The number of carbonyl (C=O) groups is 2. The molecule has 0 bridgehead atoms. The van der Waals surface area contributed by atoms with Crippen LogP contribution in [0.3, 0.4) is 0 Å². The molecule has 8 nitrogen and oxygen atoms in total. The Morgan fingerprint density at radius 3 is 2.43 bits per heavy atom. The fourth-order valence-corrected chi connectivity index (χ4v) is 2.78. The van der Waals surface area contributed by atoms with Gasteiger partial charge in [0.05, 0.1) is 25.3 Å². The molecule has 0 aliphatic rings. The first-order chi connectivity index (χ1) is 13.5. The Morgan fingerprint density at radius 2 is 1.82 bits per heavy atom. The summed E-state index contributed by atoms with van der Waals surface area (Å²) in [6, 6.07) is 16.0. The maximum absolute atomic E-state index is 12.6. The van der Waals surface area contributed by atoms with Gasteiger partial charge in [-0.1, -0.05) is 30.3 Å². The Labute approximate surface area is 160 Å². The predicted molar refractivity (Wildman–Crippen MR) is 102 cm³/mol. The second-order valence-electron chi connectivity index (χ2n) is 6.08. The highest BCUT2D eigenvalue weighted by atomic mass is 16.5. The Hall–Kier alpha value is -3.81. The molecule has 0 saturated carbocycles. The van der Waals surface area contributed by atoms with Gasteiger partial charge in [0.2, 0.25) is 0 Å². The van der Waals surface area contributed by atoms with Crippen molar-refractivity contribution in [3.63, 3.8) is 0 Å². The first-order valence-corrected chi connectivity index (χ1v) is 8.52. The maximum Gasteiger partial charge on any atom is 0.305 e. The van der Waals surface area contributed by atoms with Crippen molar-refractivity contribution in [1.82, 2.24) is 15.1 Å². The lowest BCUT2D eigenvalue weighted by Gasteiger charge is -2.17. The van der Waals surface area contributed by atoms with Gasteiger partial charge in [-0.15, -0.1) is 0 Å². The van der Waals surface area contributed by atoms with Gasteiger partial charge >= 0.3 is 5.97 Å². The van der Waals surface area contributed by atoms with Gasteiger partial charge in [0.25, 0.3) is 11.5 Å². The van der Waals surface area contributed by atoms with Crippen molar-refractivity contribution in [1.29, 1.82) is 0 Å². The molecule has 1 heterocycles. The van der Waals surface area contributed by atoms with Gasteiger partial charge in [0, 0.05) is 6.07 Å². The molecule has 0 aliphatic heterocycles. The number of aliphatic carboxylic acids is 1. The topological polar surface area (TPSA) is 113 Å². The van der Waals surface area contributed by atoms with E-state index in [1.54, 1.807) is 48.5 Å². The summed E-state index contributed by atoms with van der Waals surface area (Å²) < 4.78 is 6.34. The third kappa shape index (κ3) is 4.29. The molecule has 0 radical (unpaired) electrons. The molecule has 3 N–H and O–H groups in total. The quantitative estimate of drug-likeness (QED) is 0.580. The zero-order valence-electron chi connectivity index (χ0n) is 15.1. The smallest absolute Gasteiger partial charge is 0.305 e. The number of hydrogen-bond donors (Lipinski definition) is 3. The minimum absolute atomic E-state index is 0.0396. The summed E-state index contributed by atoms with van der Waals surface area (Å²) in [5, 5.41) is 14.6. The van der Waals surface area contributed by atoms with E-state index in [0.29, 0.717) is 17.0 Å². The fraction of sp³-hybridized carbons (Fsp3) is 0.150. The highest BCUT2D eigenvalue weighted by molar-refractivity contribution is 5.92. The van der Waals surface area contributed by atoms with Crippen LogP contribution in [-0.4, -0.2) is 33.9 Å². The summed E-state index contributed by atoms with van der Waals surface area (Å²) in [4.78, 5) is 36.0. The van der Waals surface area contributed by atoms with Crippen LogP contribution in [0.4, 0.5) is 0 Å².